The fraction of sp³-hybridized carbons (Fsp3) is 0.450. The number of aromatic nitrogens is 1. The number of nitrogens with one attached hydrogen (secondary N) is 1. The average molecular weight is 376 g/mol. The Kier molecular flexibility index (Phi) is 6.55. The topological polar surface area (TPSA) is 85.1 Å². The molecule has 6 heteroatoms. The number of aryl methyl sites for hydroxylation is 2. The zero-order valence-electron chi connectivity index (χ0n) is 16.3. The van der Waals surface area contributed by atoms with E-state index in [9.17, 15) is 8.42 Å². The molecular weight excluding hydrogens is 346 g/mol. The highest BCUT2D eigenvalue weighted by Gasteiger charge is 2.19. The van der Waals surface area contributed by atoms with Gasteiger partial charge >= 0.3 is 0 Å². The molecule has 1 heterocycles. The van der Waals surface area contributed by atoms with Gasteiger partial charge in [0, 0.05) is 24.5 Å². The van der Waals surface area contributed by atoms with Crippen LogP contribution in [-0.2, 0) is 29.5 Å². The highest BCUT2D eigenvalue weighted by atomic mass is 32.2. The minimum Gasteiger partial charge on any atom is -0.326 e. The second kappa shape index (κ2) is 8.29. The van der Waals surface area contributed by atoms with Crippen LogP contribution in [0.4, 0.5) is 0 Å². The van der Waals surface area contributed by atoms with Crippen LogP contribution in [0.5, 0.6) is 0 Å². The molecular formula is C20H29N3O2S. The lowest BCUT2D eigenvalue weighted by molar-refractivity contribution is 0.587. The number of hydrogen-bond donors (Lipinski definition) is 2. The molecule has 0 amide bonds. The van der Waals surface area contributed by atoms with Gasteiger partial charge in [-0.15, -0.1) is 0 Å². The van der Waals surface area contributed by atoms with Crippen LogP contribution >= 0.6 is 0 Å². The van der Waals surface area contributed by atoms with Crippen molar-refractivity contribution in [1.29, 1.82) is 0 Å². The fourth-order valence-electron chi connectivity index (χ4n) is 3.11. The average Bonchev–Trinajstić information content (AvgIpc) is 2.52. The summed E-state index contributed by atoms with van der Waals surface area (Å²) in [5, 5.41) is 0. The van der Waals surface area contributed by atoms with Crippen molar-refractivity contribution >= 4 is 10.0 Å². The van der Waals surface area contributed by atoms with Gasteiger partial charge in [0.2, 0.25) is 10.0 Å². The summed E-state index contributed by atoms with van der Waals surface area (Å²) < 4.78 is 25.8. The molecule has 0 atom stereocenters. The number of sulfonamides is 1. The SMILES string of the molecule is Cc1ccc(-c2c(CNS(C)(=O)=O)c(C)nc(CC(C)C)c2CN)cc1. The molecule has 2 rings (SSSR count). The number of pyridine rings is 1. The van der Waals surface area contributed by atoms with Crippen molar-refractivity contribution in [3.8, 4) is 11.1 Å². The minimum atomic E-state index is -3.30. The molecule has 3 N–H and O–H groups in total. The van der Waals surface area contributed by atoms with Crippen molar-refractivity contribution in [3.05, 3.63) is 52.3 Å². The maximum atomic E-state index is 11.6. The standard InChI is InChI=1S/C20H29N3O2S/c1-13(2)10-19-17(11-21)20(16-8-6-14(3)7-9-16)18(15(4)23-19)12-22-26(5,24)25/h6-9,13,22H,10-12,21H2,1-5H3. The van der Waals surface area contributed by atoms with Crippen LogP contribution in [0.15, 0.2) is 24.3 Å². The quantitative estimate of drug-likeness (QED) is 0.779. The maximum absolute atomic E-state index is 11.6. The van der Waals surface area contributed by atoms with E-state index in [4.69, 9.17) is 10.7 Å². The van der Waals surface area contributed by atoms with Gasteiger partial charge in [0.15, 0.2) is 0 Å². The Morgan fingerprint density at radius 2 is 1.73 bits per heavy atom. The second-order valence-electron chi connectivity index (χ2n) is 7.24. The summed E-state index contributed by atoms with van der Waals surface area (Å²) in [5.74, 6) is 0.457. The molecule has 0 bridgehead atoms. The predicted molar refractivity (Wildman–Crippen MR) is 107 cm³/mol. The van der Waals surface area contributed by atoms with Gasteiger partial charge < -0.3 is 5.73 Å². The van der Waals surface area contributed by atoms with E-state index in [1.54, 1.807) is 0 Å². The van der Waals surface area contributed by atoms with Gasteiger partial charge in [-0.1, -0.05) is 43.7 Å². The Bertz CT molecular complexity index is 873. The second-order valence-corrected chi connectivity index (χ2v) is 9.07. The molecule has 1 aromatic heterocycles. The first-order valence-corrected chi connectivity index (χ1v) is 10.7. The van der Waals surface area contributed by atoms with Crippen LogP contribution in [0.3, 0.4) is 0 Å². The third-order valence-corrected chi connectivity index (χ3v) is 5.02. The molecule has 0 aliphatic carbocycles. The minimum absolute atomic E-state index is 0.204. The smallest absolute Gasteiger partial charge is 0.209 e. The predicted octanol–water partition coefficient (Wildman–Crippen LogP) is 3.07. The summed E-state index contributed by atoms with van der Waals surface area (Å²) in [5.41, 5.74) is 13.1. The third kappa shape index (κ3) is 5.13. The van der Waals surface area contributed by atoms with E-state index in [0.29, 0.717) is 12.5 Å². The molecule has 0 unspecified atom stereocenters. The van der Waals surface area contributed by atoms with Crippen LogP contribution in [0.25, 0.3) is 11.1 Å². The van der Waals surface area contributed by atoms with E-state index in [0.717, 1.165) is 46.3 Å². The largest absolute Gasteiger partial charge is 0.326 e. The van der Waals surface area contributed by atoms with Gasteiger partial charge in [-0.25, -0.2) is 13.1 Å². The molecule has 0 saturated heterocycles. The Morgan fingerprint density at radius 3 is 2.23 bits per heavy atom. The van der Waals surface area contributed by atoms with Gasteiger partial charge in [-0.2, -0.15) is 0 Å². The molecule has 0 spiro atoms. The van der Waals surface area contributed by atoms with Crippen LogP contribution in [-0.4, -0.2) is 19.7 Å². The third-order valence-electron chi connectivity index (χ3n) is 4.35. The number of hydrogen-bond acceptors (Lipinski definition) is 4. The summed E-state index contributed by atoms with van der Waals surface area (Å²) in [4.78, 5) is 4.77. The van der Waals surface area contributed by atoms with E-state index in [-0.39, 0.29) is 6.54 Å². The van der Waals surface area contributed by atoms with Crippen LogP contribution in [0.2, 0.25) is 0 Å². The Labute approximate surface area is 157 Å². The van der Waals surface area contributed by atoms with Crippen LogP contribution < -0.4 is 10.5 Å². The first kappa shape index (κ1) is 20.6. The first-order valence-electron chi connectivity index (χ1n) is 8.85. The molecule has 0 saturated carbocycles. The fourth-order valence-corrected chi connectivity index (χ4v) is 3.51. The molecule has 2 aromatic rings. The van der Waals surface area contributed by atoms with Crippen molar-refractivity contribution < 1.29 is 8.42 Å². The highest BCUT2D eigenvalue weighted by Crippen LogP contribution is 2.32. The summed E-state index contributed by atoms with van der Waals surface area (Å²) in [6, 6.07) is 8.24. The molecule has 142 valence electrons. The van der Waals surface area contributed by atoms with E-state index < -0.39 is 10.0 Å². The molecule has 1 aromatic carbocycles. The Balaban J connectivity index is 2.70. The number of nitrogens with zero attached hydrogens (tertiary/aromatic N) is 1. The van der Waals surface area contributed by atoms with E-state index >= 15 is 0 Å². The number of rotatable bonds is 7. The van der Waals surface area contributed by atoms with Crippen LogP contribution in [0, 0.1) is 19.8 Å². The zero-order chi connectivity index (χ0) is 19.5. The molecule has 5 nitrogen and oxygen atoms in total. The summed E-state index contributed by atoms with van der Waals surface area (Å²) in [7, 11) is -3.30. The lowest BCUT2D eigenvalue weighted by Gasteiger charge is -2.21. The van der Waals surface area contributed by atoms with Gasteiger partial charge in [0.1, 0.15) is 0 Å². The first-order chi connectivity index (χ1) is 12.1. The Hall–Kier alpha value is -1.76. The maximum Gasteiger partial charge on any atom is 0.209 e. The van der Waals surface area contributed by atoms with Crippen molar-refractivity contribution in [3.63, 3.8) is 0 Å². The lowest BCUT2D eigenvalue weighted by Crippen LogP contribution is -2.23. The van der Waals surface area contributed by atoms with Gasteiger partial charge in [0.05, 0.1) is 6.26 Å². The lowest BCUT2D eigenvalue weighted by atomic mass is 9.90. The van der Waals surface area contributed by atoms with Crippen molar-refractivity contribution in [2.75, 3.05) is 6.26 Å². The molecule has 0 aliphatic heterocycles. The van der Waals surface area contributed by atoms with Crippen molar-refractivity contribution in [2.45, 2.75) is 47.2 Å². The van der Waals surface area contributed by atoms with Crippen molar-refractivity contribution in [1.82, 2.24) is 9.71 Å². The molecule has 26 heavy (non-hydrogen) atoms. The summed E-state index contributed by atoms with van der Waals surface area (Å²) in [6.45, 7) is 8.85. The van der Waals surface area contributed by atoms with Gasteiger partial charge in [-0.05, 0) is 48.4 Å². The van der Waals surface area contributed by atoms with Crippen LogP contribution in [0.1, 0.15) is 41.9 Å². The van der Waals surface area contributed by atoms with Gasteiger partial charge in [-0.3, -0.25) is 4.98 Å². The summed E-state index contributed by atoms with van der Waals surface area (Å²) in [6.07, 6.45) is 2.00. The van der Waals surface area contributed by atoms with E-state index in [1.807, 2.05) is 13.8 Å². The molecule has 0 fully saturated rings. The normalized spacial score (nSPS) is 12.0. The zero-order valence-corrected chi connectivity index (χ0v) is 17.1. The molecule has 0 radical (unpaired) electrons. The monoisotopic (exact) mass is 375 g/mol. The van der Waals surface area contributed by atoms with Crippen molar-refractivity contribution in [2.24, 2.45) is 11.7 Å². The summed E-state index contributed by atoms with van der Waals surface area (Å²) >= 11 is 0. The van der Waals surface area contributed by atoms with E-state index in [2.05, 4.69) is 42.8 Å². The number of benzene rings is 1. The molecule has 0 aliphatic rings. The van der Waals surface area contributed by atoms with E-state index in [1.165, 1.54) is 5.56 Å². The number of nitrogens with two attached hydrogens (primary N) is 1. The van der Waals surface area contributed by atoms with Gasteiger partial charge in [0.25, 0.3) is 0 Å². The highest BCUT2D eigenvalue weighted by molar-refractivity contribution is 7.88. The Morgan fingerprint density at radius 1 is 1.12 bits per heavy atom.